The predicted octanol–water partition coefficient (Wildman–Crippen LogP) is 6.68. The summed E-state index contributed by atoms with van der Waals surface area (Å²) in [5.41, 5.74) is 1.22. The van der Waals surface area contributed by atoms with Crippen LogP contribution in [-0.2, 0) is 14.3 Å². The number of amides is 3. The number of benzene rings is 3. The van der Waals surface area contributed by atoms with E-state index in [1.807, 2.05) is 56.3 Å². The van der Waals surface area contributed by atoms with Gasteiger partial charge in [-0.25, -0.2) is 4.79 Å². The molecule has 0 bridgehead atoms. The van der Waals surface area contributed by atoms with Crippen LogP contribution in [0.3, 0.4) is 0 Å². The molecular formula is C35H41N3O4. The molecule has 0 spiro atoms. The number of nitrogens with one attached hydrogen (secondary N) is 2. The van der Waals surface area contributed by atoms with Crippen LogP contribution in [0.25, 0.3) is 10.8 Å². The number of hydrogen-bond donors (Lipinski definition) is 2. The van der Waals surface area contributed by atoms with Crippen LogP contribution in [0.2, 0.25) is 0 Å². The lowest BCUT2D eigenvalue weighted by Gasteiger charge is -2.36. The molecule has 4 rings (SSSR count). The molecule has 5 atom stereocenters. The summed E-state index contributed by atoms with van der Waals surface area (Å²) in [6, 6.07) is 18.8. The van der Waals surface area contributed by atoms with Gasteiger partial charge < -0.3 is 20.3 Å². The molecule has 0 aliphatic heterocycles. The van der Waals surface area contributed by atoms with Gasteiger partial charge in [0.15, 0.2) is 0 Å². The van der Waals surface area contributed by atoms with Crippen molar-refractivity contribution in [2.24, 2.45) is 11.8 Å². The van der Waals surface area contributed by atoms with Gasteiger partial charge in [0.1, 0.15) is 17.7 Å². The van der Waals surface area contributed by atoms with Gasteiger partial charge in [0.2, 0.25) is 5.91 Å². The van der Waals surface area contributed by atoms with Crippen molar-refractivity contribution in [3.05, 3.63) is 77.9 Å². The molecule has 7 heteroatoms. The predicted molar refractivity (Wildman–Crippen MR) is 167 cm³/mol. The van der Waals surface area contributed by atoms with Gasteiger partial charge in [0.05, 0.1) is 0 Å². The average molecular weight is 568 g/mol. The summed E-state index contributed by atoms with van der Waals surface area (Å²) in [6.45, 7) is 11.3. The molecule has 0 heterocycles. The molecule has 3 aromatic carbocycles. The third-order valence-electron chi connectivity index (χ3n) is 7.77. The third kappa shape index (κ3) is 7.30. The van der Waals surface area contributed by atoms with Crippen molar-refractivity contribution in [3.63, 3.8) is 0 Å². The fraction of sp³-hybridized carbons (Fsp3) is 0.400. The molecule has 0 aromatic heterocycles. The zero-order valence-electron chi connectivity index (χ0n) is 25.3. The highest BCUT2D eigenvalue weighted by atomic mass is 16.6. The van der Waals surface area contributed by atoms with E-state index in [4.69, 9.17) is 11.2 Å². The highest BCUT2D eigenvalue weighted by molar-refractivity contribution is 6.00. The molecule has 3 amide bonds. The molecule has 1 saturated carbocycles. The fourth-order valence-corrected chi connectivity index (χ4v) is 5.13. The number of carbonyl (C=O) groups is 3. The van der Waals surface area contributed by atoms with E-state index in [0.29, 0.717) is 23.2 Å². The Morgan fingerprint density at radius 2 is 1.69 bits per heavy atom. The number of hydrogen-bond acceptors (Lipinski definition) is 4. The van der Waals surface area contributed by atoms with Crippen LogP contribution in [0, 0.1) is 24.2 Å². The molecule has 2 N–H and O–H groups in total. The minimum absolute atomic E-state index is 0.163. The molecular weight excluding hydrogens is 526 g/mol. The molecule has 0 radical (unpaired) electrons. The lowest BCUT2D eigenvalue weighted by atomic mass is 9.95. The Hall–Kier alpha value is -4.31. The first kappa shape index (κ1) is 30.6. The van der Waals surface area contributed by atoms with Gasteiger partial charge in [-0.05, 0) is 79.6 Å². The Morgan fingerprint density at radius 1 is 1.05 bits per heavy atom. The molecule has 42 heavy (non-hydrogen) atoms. The van der Waals surface area contributed by atoms with Gasteiger partial charge >= 0.3 is 6.09 Å². The highest BCUT2D eigenvalue weighted by Gasteiger charge is 2.49. The van der Waals surface area contributed by atoms with Crippen LogP contribution in [-0.4, -0.2) is 40.5 Å². The largest absolute Gasteiger partial charge is 0.444 e. The lowest BCUT2D eigenvalue weighted by Crippen LogP contribution is -2.55. The minimum atomic E-state index is -0.947. The summed E-state index contributed by atoms with van der Waals surface area (Å²) in [4.78, 5) is 43.2. The van der Waals surface area contributed by atoms with E-state index in [0.717, 1.165) is 17.2 Å². The first-order chi connectivity index (χ1) is 19.9. The van der Waals surface area contributed by atoms with Crippen molar-refractivity contribution < 1.29 is 19.1 Å². The number of rotatable bonds is 9. The quantitative estimate of drug-likeness (QED) is 0.283. The topological polar surface area (TPSA) is 87.7 Å². The second-order valence-electron chi connectivity index (χ2n) is 12.3. The molecule has 5 unspecified atom stereocenters. The number of terminal acetylenes is 1. The Bertz CT molecular complexity index is 1480. The Balaban J connectivity index is 1.74. The van der Waals surface area contributed by atoms with Crippen LogP contribution < -0.4 is 10.6 Å². The summed E-state index contributed by atoms with van der Waals surface area (Å²) in [6.07, 6.45) is 6.34. The van der Waals surface area contributed by atoms with Crippen molar-refractivity contribution >= 4 is 34.4 Å². The minimum Gasteiger partial charge on any atom is -0.444 e. The van der Waals surface area contributed by atoms with E-state index < -0.39 is 23.8 Å². The van der Waals surface area contributed by atoms with Crippen LogP contribution in [0.5, 0.6) is 0 Å². The van der Waals surface area contributed by atoms with Gasteiger partial charge in [-0.3, -0.25) is 9.59 Å². The van der Waals surface area contributed by atoms with Crippen LogP contribution >= 0.6 is 0 Å². The molecule has 1 fully saturated rings. The SMILES string of the molecule is C#Cc1ccc(C(C(=O)Nc2ccc3ccccc3c2)N(C(=O)C(NC(=O)OC(C)(C)C)C(C)CC)C2CC2C)cc1. The molecule has 1 aliphatic carbocycles. The molecule has 220 valence electrons. The number of ether oxygens (including phenoxy) is 1. The van der Waals surface area contributed by atoms with Crippen molar-refractivity contribution in [1.29, 1.82) is 0 Å². The lowest BCUT2D eigenvalue weighted by molar-refractivity contribution is -0.142. The van der Waals surface area contributed by atoms with Gasteiger partial charge in [-0.15, -0.1) is 6.42 Å². The van der Waals surface area contributed by atoms with Crippen molar-refractivity contribution in [3.8, 4) is 12.3 Å². The monoisotopic (exact) mass is 567 g/mol. The maximum atomic E-state index is 14.5. The third-order valence-corrected chi connectivity index (χ3v) is 7.77. The first-order valence-corrected chi connectivity index (χ1v) is 14.6. The Morgan fingerprint density at radius 3 is 2.26 bits per heavy atom. The summed E-state index contributed by atoms with van der Waals surface area (Å²) < 4.78 is 5.50. The second kappa shape index (κ2) is 12.7. The maximum Gasteiger partial charge on any atom is 0.408 e. The van der Waals surface area contributed by atoms with E-state index in [9.17, 15) is 14.4 Å². The number of nitrogens with zero attached hydrogens (tertiary/aromatic N) is 1. The number of fused-ring (bicyclic) bond motifs is 1. The van der Waals surface area contributed by atoms with E-state index in [-0.39, 0.29) is 29.7 Å². The van der Waals surface area contributed by atoms with E-state index in [1.165, 1.54) is 0 Å². The highest BCUT2D eigenvalue weighted by Crippen LogP contribution is 2.41. The Labute approximate surface area is 249 Å². The van der Waals surface area contributed by atoms with Crippen molar-refractivity contribution in [2.45, 2.75) is 78.1 Å². The number of carbonyl (C=O) groups excluding carboxylic acids is 3. The van der Waals surface area contributed by atoms with E-state index in [1.54, 1.807) is 49.9 Å². The van der Waals surface area contributed by atoms with E-state index in [2.05, 4.69) is 23.5 Å². The molecule has 0 saturated heterocycles. The van der Waals surface area contributed by atoms with Crippen molar-refractivity contribution in [2.75, 3.05) is 5.32 Å². The smallest absolute Gasteiger partial charge is 0.408 e. The molecule has 7 nitrogen and oxygen atoms in total. The first-order valence-electron chi connectivity index (χ1n) is 14.6. The summed E-state index contributed by atoms with van der Waals surface area (Å²) >= 11 is 0. The molecule has 1 aliphatic rings. The van der Waals surface area contributed by atoms with Gasteiger partial charge in [-0.1, -0.05) is 75.6 Å². The maximum absolute atomic E-state index is 14.5. The van der Waals surface area contributed by atoms with Crippen LogP contribution in [0.15, 0.2) is 66.7 Å². The standard InChI is InChI=1S/C35H41N3O4/c1-8-22(3)30(37-34(41)42-35(5,6)7)33(40)38(29-20-23(29)4)31(26-16-14-24(9-2)15-17-26)32(39)36-28-19-18-25-12-10-11-13-27(25)21-28/h2,10-19,21-23,29-31H,8,20H2,1,3-7H3,(H,36,39)(H,37,41). The van der Waals surface area contributed by atoms with Gasteiger partial charge in [-0.2, -0.15) is 0 Å². The average Bonchev–Trinajstić information content (AvgIpc) is 3.68. The van der Waals surface area contributed by atoms with Crippen molar-refractivity contribution in [1.82, 2.24) is 10.2 Å². The summed E-state index contributed by atoms with van der Waals surface area (Å²) in [7, 11) is 0. The second-order valence-corrected chi connectivity index (χ2v) is 12.3. The van der Waals surface area contributed by atoms with Crippen LogP contribution in [0.4, 0.5) is 10.5 Å². The number of anilines is 1. The van der Waals surface area contributed by atoms with Gasteiger partial charge in [0, 0.05) is 17.3 Å². The van der Waals surface area contributed by atoms with Gasteiger partial charge in [0.25, 0.3) is 5.91 Å². The normalized spacial score (nSPS) is 18.2. The zero-order valence-corrected chi connectivity index (χ0v) is 25.3. The van der Waals surface area contributed by atoms with Crippen LogP contribution in [0.1, 0.15) is 71.6 Å². The van der Waals surface area contributed by atoms with E-state index >= 15 is 0 Å². The Kier molecular flexibility index (Phi) is 9.26. The summed E-state index contributed by atoms with van der Waals surface area (Å²) in [5.74, 6) is 1.96. The number of alkyl carbamates (subject to hydrolysis) is 1. The fourth-order valence-electron chi connectivity index (χ4n) is 5.13. The summed E-state index contributed by atoms with van der Waals surface area (Å²) in [5, 5.41) is 7.94. The zero-order chi connectivity index (χ0) is 30.6. The molecule has 3 aromatic rings.